The Balaban J connectivity index is 1.73. The SMILES string of the molecule is NS(=O)(=O)c1ccc(CCNC(=O)CCc2ccncc2)cc1. The molecule has 0 saturated heterocycles. The fraction of sp³-hybridized carbons (Fsp3) is 0.250. The third-order valence-corrected chi connectivity index (χ3v) is 4.31. The summed E-state index contributed by atoms with van der Waals surface area (Å²) in [5, 5.41) is 7.89. The lowest BCUT2D eigenvalue weighted by Gasteiger charge is -2.06. The number of primary sulfonamides is 1. The topological polar surface area (TPSA) is 102 Å². The van der Waals surface area contributed by atoms with Gasteiger partial charge in [-0.1, -0.05) is 12.1 Å². The first kappa shape index (κ1) is 17.1. The Morgan fingerprint density at radius 2 is 1.61 bits per heavy atom. The lowest BCUT2D eigenvalue weighted by Crippen LogP contribution is -2.25. The highest BCUT2D eigenvalue weighted by Gasteiger charge is 2.07. The number of pyridine rings is 1. The van der Waals surface area contributed by atoms with Gasteiger partial charge in [-0.25, -0.2) is 13.6 Å². The van der Waals surface area contributed by atoms with Gasteiger partial charge < -0.3 is 5.32 Å². The van der Waals surface area contributed by atoms with Crippen molar-refractivity contribution in [3.05, 3.63) is 59.9 Å². The number of nitrogens with zero attached hydrogens (tertiary/aromatic N) is 1. The van der Waals surface area contributed by atoms with Gasteiger partial charge in [0.05, 0.1) is 4.90 Å². The van der Waals surface area contributed by atoms with Gasteiger partial charge in [0.1, 0.15) is 0 Å². The highest BCUT2D eigenvalue weighted by atomic mass is 32.2. The normalized spacial score (nSPS) is 11.2. The maximum Gasteiger partial charge on any atom is 0.238 e. The average Bonchev–Trinajstić information content (AvgIpc) is 2.53. The van der Waals surface area contributed by atoms with Crippen LogP contribution in [0.2, 0.25) is 0 Å². The van der Waals surface area contributed by atoms with Crippen LogP contribution in [0.4, 0.5) is 0 Å². The molecule has 0 aliphatic rings. The van der Waals surface area contributed by atoms with E-state index in [0.717, 1.165) is 11.1 Å². The van der Waals surface area contributed by atoms with Gasteiger partial charge in [-0.3, -0.25) is 9.78 Å². The number of hydrogen-bond acceptors (Lipinski definition) is 4. The summed E-state index contributed by atoms with van der Waals surface area (Å²) in [5.74, 6) is -0.0111. The Bertz CT molecular complexity index is 744. The molecule has 1 aromatic heterocycles. The Labute approximate surface area is 135 Å². The van der Waals surface area contributed by atoms with E-state index in [1.165, 1.54) is 12.1 Å². The largest absolute Gasteiger partial charge is 0.356 e. The Morgan fingerprint density at radius 3 is 2.22 bits per heavy atom. The summed E-state index contributed by atoms with van der Waals surface area (Å²) >= 11 is 0. The van der Waals surface area contributed by atoms with E-state index in [9.17, 15) is 13.2 Å². The molecule has 0 unspecified atom stereocenters. The van der Waals surface area contributed by atoms with Crippen molar-refractivity contribution >= 4 is 15.9 Å². The molecule has 0 radical (unpaired) electrons. The minimum Gasteiger partial charge on any atom is -0.356 e. The van der Waals surface area contributed by atoms with Crippen LogP contribution >= 0.6 is 0 Å². The van der Waals surface area contributed by atoms with E-state index in [4.69, 9.17) is 5.14 Å². The maximum absolute atomic E-state index is 11.8. The molecule has 2 aromatic rings. The molecule has 0 fully saturated rings. The highest BCUT2D eigenvalue weighted by Crippen LogP contribution is 2.09. The van der Waals surface area contributed by atoms with E-state index in [1.807, 2.05) is 12.1 Å². The van der Waals surface area contributed by atoms with Crippen LogP contribution in [-0.2, 0) is 27.7 Å². The molecule has 0 atom stereocenters. The number of aromatic nitrogens is 1. The number of carbonyl (C=O) groups excluding carboxylic acids is 1. The van der Waals surface area contributed by atoms with Crippen LogP contribution in [0.25, 0.3) is 0 Å². The molecule has 23 heavy (non-hydrogen) atoms. The molecule has 0 bridgehead atoms. The standard InChI is InChI=1S/C16H19N3O3S/c17-23(21,22)15-4-1-13(2-5-15)9-12-19-16(20)6-3-14-7-10-18-11-8-14/h1-2,4-5,7-8,10-11H,3,6,9,12H2,(H,19,20)(H2,17,21,22). The summed E-state index contributed by atoms with van der Waals surface area (Å²) in [6.07, 6.45) is 5.15. The first-order chi connectivity index (χ1) is 10.9. The fourth-order valence-corrected chi connectivity index (χ4v) is 2.60. The summed E-state index contributed by atoms with van der Waals surface area (Å²) in [6, 6.07) is 10.1. The molecule has 1 amide bonds. The number of sulfonamides is 1. The Morgan fingerprint density at radius 1 is 1.00 bits per heavy atom. The van der Waals surface area contributed by atoms with Gasteiger partial charge in [-0.2, -0.15) is 0 Å². The molecular formula is C16H19N3O3S. The zero-order chi connectivity index (χ0) is 16.7. The van der Waals surface area contributed by atoms with Crippen molar-refractivity contribution < 1.29 is 13.2 Å². The number of amides is 1. The van der Waals surface area contributed by atoms with E-state index in [-0.39, 0.29) is 10.8 Å². The monoisotopic (exact) mass is 333 g/mol. The highest BCUT2D eigenvalue weighted by molar-refractivity contribution is 7.89. The van der Waals surface area contributed by atoms with E-state index in [2.05, 4.69) is 10.3 Å². The first-order valence-corrected chi connectivity index (χ1v) is 8.77. The van der Waals surface area contributed by atoms with Crippen LogP contribution in [0.15, 0.2) is 53.7 Å². The van der Waals surface area contributed by atoms with Crippen molar-refractivity contribution in [3.63, 3.8) is 0 Å². The molecule has 3 N–H and O–H groups in total. The minimum atomic E-state index is -3.66. The number of nitrogens with two attached hydrogens (primary N) is 1. The smallest absolute Gasteiger partial charge is 0.238 e. The van der Waals surface area contributed by atoms with Gasteiger partial charge in [-0.15, -0.1) is 0 Å². The minimum absolute atomic E-state index is 0.0111. The van der Waals surface area contributed by atoms with Crippen molar-refractivity contribution in [3.8, 4) is 0 Å². The molecule has 1 aromatic carbocycles. The van der Waals surface area contributed by atoms with Crippen LogP contribution in [-0.4, -0.2) is 25.9 Å². The average molecular weight is 333 g/mol. The van der Waals surface area contributed by atoms with Crippen LogP contribution in [0, 0.1) is 0 Å². The number of rotatable bonds is 7. The van der Waals surface area contributed by atoms with Crippen molar-refractivity contribution in [2.45, 2.75) is 24.2 Å². The quantitative estimate of drug-likeness (QED) is 0.789. The van der Waals surface area contributed by atoms with Crippen molar-refractivity contribution in [2.24, 2.45) is 5.14 Å². The van der Waals surface area contributed by atoms with Crippen LogP contribution in [0.3, 0.4) is 0 Å². The van der Waals surface area contributed by atoms with E-state index in [1.54, 1.807) is 24.5 Å². The van der Waals surface area contributed by atoms with Crippen LogP contribution in [0.5, 0.6) is 0 Å². The molecule has 0 aliphatic heterocycles. The lowest BCUT2D eigenvalue weighted by molar-refractivity contribution is -0.121. The summed E-state index contributed by atoms with van der Waals surface area (Å²) in [4.78, 5) is 15.8. The van der Waals surface area contributed by atoms with Crippen molar-refractivity contribution in [2.75, 3.05) is 6.54 Å². The van der Waals surface area contributed by atoms with E-state index in [0.29, 0.717) is 25.8 Å². The predicted octanol–water partition coefficient (Wildman–Crippen LogP) is 1.02. The Kier molecular flexibility index (Phi) is 5.84. The number of carbonyl (C=O) groups is 1. The van der Waals surface area contributed by atoms with Gasteiger partial charge in [-0.05, 0) is 48.2 Å². The van der Waals surface area contributed by atoms with E-state index < -0.39 is 10.0 Å². The third kappa shape index (κ3) is 5.80. The first-order valence-electron chi connectivity index (χ1n) is 7.22. The lowest BCUT2D eigenvalue weighted by atomic mass is 10.1. The van der Waals surface area contributed by atoms with Gasteiger partial charge in [0.25, 0.3) is 0 Å². The zero-order valence-electron chi connectivity index (χ0n) is 12.6. The molecule has 7 heteroatoms. The van der Waals surface area contributed by atoms with Gasteiger partial charge >= 0.3 is 0 Å². The van der Waals surface area contributed by atoms with Gasteiger partial charge in [0, 0.05) is 25.4 Å². The molecular weight excluding hydrogens is 314 g/mol. The second-order valence-corrected chi connectivity index (χ2v) is 6.71. The molecule has 0 aliphatic carbocycles. The van der Waals surface area contributed by atoms with Gasteiger partial charge in [0.15, 0.2) is 0 Å². The van der Waals surface area contributed by atoms with E-state index >= 15 is 0 Å². The number of aryl methyl sites for hydroxylation is 1. The third-order valence-electron chi connectivity index (χ3n) is 3.38. The predicted molar refractivity (Wildman–Crippen MR) is 87.1 cm³/mol. The molecule has 6 nitrogen and oxygen atoms in total. The number of nitrogens with one attached hydrogen (secondary N) is 1. The molecule has 122 valence electrons. The number of benzene rings is 1. The Hall–Kier alpha value is -2.25. The molecule has 0 saturated carbocycles. The molecule has 2 rings (SSSR count). The van der Waals surface area contributed by atoms with Crippen LogP contribution < -0.4 is 10.5 Å². The summed E-state index contributed by atoms with van der Waals surface area (Å²) in [7, 11) is -3.66. The van der Waals surface area contributed by atoms with Crippen molar-refractivity contribution in [1.29, 1.82) is 0 Å². The molecule has 1 heterocycles. The maximum atomic E-state index is 11.8. The second-order valence-electron chi connectivity index (χ2n) is 5.14. The van der Waals surface area contributed by atoms with Crippen LogP contribution in [0.1, 0.15) is 17.5 Å². The fourth-order valence-electron chi connectivity index (χ4n) is 2.09. The van der Waals surface area contributed by atoms with Crippen molar-refractivity contribution in [1.82, 2.24) is 10.3 Å². The van der Waals surface area contributed by atoms with Gasteiger partial charge in [0.2, 0.25) is 15.9 Å². The zero-order valence-corrected chi connectivity index (χ0v) is 13.4. The second kappa shape index (κ2) is 7.85. The summed E-state index contributed by atoms with van der Waals surface area (Å²) in [5.41, 5.74) is 2.01. The number of hydrogen-bond donors (Lipinski definition) is 2. The summed E-state index contributed by atoms with van der Waals surface area (Å²) < 4.78 is 22.3. The molecule has 0 spiro atoms. The summed E-state index contributed by atoms with van der Waals surface area (Å²) in [6.45, 7) is 0.504.